The Kier molecular flexibility index (Phi) is 10.0. The second-order valence-corrected chi connectivity index (χ2v) is 13.0. The Hall–Kier alpha value is -2.74. The largest absolute Gasteiger partial charge is 0.497 e. The third-order valence-corrected chi connectivity index (χ3v) is 10.4. The SMILES string of the molecule is CCN1CCC(N(C[C@@H](O)[C@H](Cc2ccccc2)NC(=O)OC2CO[C@H]3OCCC23)S(=O)(=O)c2ccc(OC)cc2)C1. The summed E-state index contributed by atoms with van der Waals surface area (Å²) in [6, 6.07) is 14.6. The molecule has 3 aliphatic rings. The third kappa shape index (κ3) is 7.07. The normalized spacial score (nSPS) is 25.7. The van der Waals surface area contributed by atoms with Crippen molar-refractivity contribution in [1.29, 1.82) is 0 Å². The average Bonchev–Trinajstić information content (AvgIpc) is 3.75. The van der Waals surface area contributed by atoms with Crippen molar-refractivity contribution in [2.45, 2.75) is 61.7 Å². The molecule has 0 saturated carbocycles. The van der Waals surface area contributed by atoms with Crippen molar-refractivity contribution in [2.75, 3.05) is 46.5 Å². The van der Waals surface area contributed by atoms with Gasteiger partial charge in [0.15, 0.2) is 6.29 Å². The van der Waals surface area contributed by atoms with Crippen LogP contribution in [0.25, 0.3) is 0 Å². The first-order valence-corrected chi connectivity index (χ1v) is 16.0. The molecule has 0 aliphatic carbocycles. The number of hydrogen-bond acceptors (Lipinski definition) is 9. The standard InChI is InChI=1S/C30H41N3O8S/c1-3-32-15-13-22(18-32)33(42(36,37)24-11-9-23(38-2)10-12-24)19-27(34)26(17-21-7-5-4-6-8-21)31-30(35)41-28-20-40-29-25(28)14-16-39-29/h4-12,22,25-29,34H,3,13-20H2,1-2H3,(H,31,35)/t22?,25?,26-,27+,28?,29+/m0/s1. The number of aliphatic hydroxyl groups excluding tert-OH is 1. The van der Waals surface area contributed by atoms with Crippen LogP contribution in [0.5, 0.6) is 5.75 Å². The Morgan fingerprint density at radius 3 is 2.60 bits per heavy atom. The molecule has 3 heterocycles. The minimum absolute atomic E-state index is 0.0257. The van der Waals surface area contributed by atoms with E-state index in [0.717, 1.165) is 25.1 Å². The number of likely N-dealkylation sites (tertiary alicyclic amines) is 1. The van der Waals surface area contributed by atoms with Crippen molar-refractivity contribution >= 4 is 16.1 Å². The van der Waals surface area contributed by atoms with Gasteiger partial charge in [0.2, 0.25) is 10.0 Å². The van der Waals surface area contributed by atoms with Gasteiger partial charge in [0.05, 0.1) is 43.3 Å². The van der Waals surface area contributed by atoms with E-state index in [9.17, 15) is 18.3 Å². The number of amides is 1. The first-order chi connectivity index (χ1) is 20.3. The van der Waals surface area contributed by atoms with E-state index >= 15 is 0 Å². The number of sulfonamides is 1. The lowest BCUT2D eigenvalue weighted by Crippen LogP contribution is -2.53. The number of hydrogen-bond donors (Lipinski definition) is 2. The summed E-state index contributed by atoms with van der Waals surface area (Å²) >= 11 is 0. The number of nitrogens with one attached hydrogen (secondary N) is 1. The van der Waals surface area contributed by atoms with E-state index in [0.29, 0.717) is 25.3 Å². The maximum atomic E-state index is 14.0. The van der Waals surface area contributed by atoms with Crippen molar-refractivity contribution in [3.63, 3.8) is 0 Å². The fourth-order valence-corrected chi connectivity index (χ4v) is 7.66. The smallest absolute Gasteiger partial charge is 0.407 e. The molecule has 3 aliphatic heterocycles. The molecule has 6 atom stereocenters. The summed E-state index contributed by atoms with van der Waals surface area (Å²) in [5.74, 6) is 0.523. The number of nitrogens with zero attached hydrogens (tertiary/aromatic N) is 2. The lowest BCUT2D eigenvalue weighted by atomic mass is 10.0. The zero-order valence-electron chi connectivity index (χ0n) is 24.1. The van der Waals surface area contributed by atoms with Crippen LogP contribution < -0.4 is 10.1 Å². The van der Waals surface area contributed by atoms with Crippen LogP contribution in [0.1, 0.15) is 25.3 Å². The molecule has 2 N–H and O–H groups in total. The molecular formula is C30H41N3O8S. The Morgan fingerprint density at radius 1 is 1.14 bits per heavy atom. The van der Waals surface area contributed by atoms with Crippen LogP contribution in [-0.2, 0) is 30.7 Å². The van der Waals surface area contributed by atoms with Crippen molar-refractivity contribution < 1.29 is 37.3 Å². The van der Waals surface area contributed by atoms with E-state index in [4.69, 9.17) is 18.9 Å². The Morgan fingerprint density at radius 2 is 1.90 bits per heavy atom. The van der Waals surface area contributed by atoms with Crippen molar-refractivity contribution in [3.8, 4) is 5.75 Å². The third-order valence-electron chi connectivity index (χ3n) is 8.44. The minimum atomic E-state index is -3.98. The van der Waals surface area contributed by atoms with Crippen LogP contribution >= 0.6 is 0 Å². The van der Waals surface area contributed by atoms with Crippen LogP contribution in [0.4, 0.5) is 4.79 Å². The Labute approximate surface area is 247 Å². The maximum Gasteiger partial charge on any atom is 0.407 e. The predicted octanol–water partition coefficient (Wildman–Crippen LogP) is 2.24. The van der Waals surface area contributed by atoms with Crippen LogP contribution in [0.2, 0.25) is 0 Å². The van der Waals surface area contributed by atoms with Crippen LogP contribution in [0.15, 0.2) is 59.5 Å². The van der Waals surface area contributed by atoms with Crippen LogP contribution in [0.3, 0.4) is 0 Å². The van der Waals surface area contributed by atoms with Gasteiger partial charge in [-0.1, -0.05) is 37.3 Å². The highest BCUT2D eigenvalue weighted by Gasteiger charge is 2.44. The van der Waals surface area contributed by atoms with E-state index in [1.165, 1.54) is 23.5 Å². The number of carbonyl (C=O) groups is 1. The Bertz CT molecular complexity index is 1280. The number of rotatable bonds is 12. The lowest BCUT2D eigenvalue weighted by Gasteiger charge is -2.33. The Balaban J connectivity index is 1.36. The molecule has 0 spiro atoms. The van der Waals surface area contributed by atoms with E-state index in [2.05, 4.69) is 10.2 Å². The molecule has 2 aromatic rings. The zero-order valence-corrected chi connectivity index (χ0v) is 24.9. The van der Waals surface area contributed by atoms with Crippen LogP contribution in [0, 0.1) is 5.92 Å². The summed E-state index contributed by atoms with van der Waals surface area (Å²) in [5.41, 5.74) is 0.887. The molecule has 1 amide bonds. The highest BCUT2D eigenvalue weighted by molar-refractivity contribution is 7.89. The van der Waals surface area contributed by atoms with E-state index in [1.54, 1.807) is 12.1 Å². The molecule has 12 heteroatoms. The molecule has 3 unspecified atom stereocenters. The number of fused-ring (bicyclic) bond motifs is 1. The molecule has 5 rings (SSSR count). The maximum absolute atomic E-state index is 14.0. The summed E-state index contributed by atoms with van der Waals surface area (Å²) in [6.07, 6.45) is -1.04. The van der Waals surface area contributed by atoms with Crippen LogP contribution in [-0.4, -0.2) is 106 Å². The number of aliphatic hydroxyl groups is 1. The van der Waals surface area contributed by atoms with Gasteiger partial charge in [-0.25, -0.2) is 13.2 Å². The van der Waals surface area contributed by atoms with Gasteiger partial charge in [0.1, 0.15) is 11.9 Å². The fourth-order valence-electron chi connectivity index (χ4n) is 5.99. The van der Waals surface area contributed by atoms with Crippen molar-refractivity contribution in [2.24, 2.45) is 5.92 Å². The summed E-state index contributed by atoms with van der Waals surface area (Å²) < 4.78 is 51.5. The molecule has 2 aromatic carbocycles. The number of likely N-dealkylation sites (N-methyl/N-ethyl adjacent to an activating group) is 1. The topological polar surface area (TPSA) is 127 Å². The monoisotopic (exact) mass is 603 g/mol. The molecule has 42 heavy (non-hydrogen) atoms. The second-order valence-electron chi connectivity index (χ2n) is 11.1. The van der Waals surface area contributed by atoms with Gasteiger partial charge in [0.25, 0.3) is 0 Å². The van der Waals surface area contributed by atoms with Gasteiger partial charge in [-0.2, -0.15) is 4.31 Å². The lowest BCUT2D eigenvalue weighted by molar-refractivity contribution is -0.0907. The fraction of sp³-hybridized carbons (Fsp3) is 0.567. The number of carbonyl (C=O) groups excluding carboxylic acids is 1. The van der Waals surface area contributed by atoms with E-state index < -0.39 is 34.4 Å². The highest BCUT2D eigenvalue weighted by Crippen LogP contribution is 2.33. The predicted molar refractivity (Wildman–Crippen MR) is 155 cm³/mol. The quantitative estimate of drug-likeness (QED) is 0.376. The molecule has 0 aromatic heterocycles. The molecule has 0 bridgehead atoms. The molecule has 3 saturated heterocycles. The minimum Gasteiger partial charge on any atom is -0.497 e. The van der Waals surface area contributed by atoms with Gasteiger partial charge in [-0.3, -0.25) is 0 Å². The summed E-state index contributed by atoms with van der Waals surface area (Å²) in [5, 5.41) is 14.5. The van der Waals surface area contributed by atoms with Crippen molar-refractivity contribution in [3.05, 3.63) is 60.2 Å². The van der Waals surface area contributed by atoms with E-state index in [1.807, 2.05) is 37.3 Å². The van der Waals surface area contributed by atoms with Gasteiger partial charge in [-0.15, -0.1) is 0 Å². The summed E-state index contributed by atoms with van der Waals surface area (Å²) in [4.78, 5) is 15.4. The van der Waals surface area contributed by atoms with Gasteiger partial charge in [-0.05, 0) is 62.2 Å². The average molecular weight is 604 g/mol. The number of ether oxygens (including phenoxy) is 4. The number of benzene rings is 2. The zero-order chi connectivity index (χ0) is 29.7. The molecular weight excluding hydrogens is 562 g/mol. The number of alkyl carbamates (subject to hydrolysis) is 1. The van der Waals surface area contributed by atoms with Crippen molar-refractivity contribution in [1.82, 2.24) is 14.5 Å². The molecule has 3 fully saturated rings. The van der Waals surface area contributed by atoms with Gasteiger partial charge >= 0.3 is 6.09 Å². The summed E-state index contributed by atoms with van der Waals surface area (Å²) in [6.45, 7) is 4.78. The first kappa shape index (κ1) is 30.7. The second kappa shape index (κ2) is 13.7. The van der Waals surface area contributed by atoms with Gasteiger partial charge < -0.3 is 34.3 Å². The molecule has 230 valence electrons. The highest BCUT2D eigenvalue weighted by atomic mass is 32.2. The first-order valence-electron chi connectivity index (χ1n) is 14.6. The number of methoxy groups -OCH3 is 1. The summed E-state index contributed by atoms with van der Waals surface area (Å²) in [7, 11) is -2.46. The van der Waals surface area contributed by atoms with Gasteiger partial charge in [0, 0.05) is 19.1 Å². The van der Waals surface area contributed by atoms with E-state index in [-0.39, 0.29) is 42.7 Å². The molecule has 0 radical (unpaired) electrons. The molecule has 11 nitrogen and oxygen atoms in total.